The van der Waals surface area contributed by atoms with Crippen molar-refractivity contribution in [2.75, 3.05) is 31.2 Å². The monoisotopic (exact) mass is 524 g/mol. The average molecular weight is 525 g/mol. The van der Waals surface area contributed by atoms with Crippen molar-refractivity contribution in [2.24, 2.45) is 5.92 Å². The van der Waals surface area contributed by atoms with E-state index in [0.717, 1.165) is 79.1 Å². The number of halogens is 1. The van der Waals surface area contributed by atoms with Crippen LogP contribution < -0.4 is 9.64 Å². The average Bonchev–Trinajstić information content (AvgIpc) is 2.93. The first-order chi connectivity index (χ1) is 18.6. The predicted molar refractivity (Wildman–Crippen MR) is 151 cm³/mol. The van der Waals surface area contributed by atoms with Crippen LogP contribution in [0.5, 0.6) is 5.75 Å². The van der Waals surface area contributed by atoms with E-state index in [9.17, 15) is 10.1 Å². The number of allylic oxidation sites excluding steroid dienone is 1. The molecule has 1 aliphatic carbocycles. The molecule has 5 nitrogen and oxygen atoms in total. The molecule has 3 aromatic rings. The SMILES string of the molecule is C=CC(=O)Oc1ccccc1/C(=C(/c1ccc(C#N)cc1Cl)C1CCC1)c1ccc(N2CCOCC2)cc1. The molecule has 0 atom stereocenters. The second kappa shape index (κ2) is 11.7. The van der Waals surface area contributed by atoms with E-state index in [4.69, 9.17) is 21.1 Å². The molecular weight excluding hydrogens is 496 g/mol. The quantitative estimate of drug-likeness (QED) is 0.146. The van der Waals surface area contributed by atoms with Crippen LogP contribution in [-0.4, -0.2) is 32.3 Å². The van der Waals surface area contributed by atoms with Crippen LogP contribution in [0.4, 0.5) is 5.69 Å². The van der Waals surface area contributed by atoms with Crippen molar-refractivity contribution in [1.82, 2.24) is 0 Å². The van der Waals surface area contributed by atoms with Crippen LogP contribution in [0.15, 0.2) is 79.4 Å². The second-order valence-corrected chi connectivity index (χ2v) is 9.90. The second-order valence-electron chi connectivity index (χ2n) is 9.49. The largest absolute Gasteiger partial charge is 0.423 e. The molecule has 0 spiro atoms. The number of carbonyl (C=O) groups excluding carboxylic acids is 1. The molecule has 0 radical (unpaired) electrons. The zero-order chi connectivity index (χ0) is 26.5. The Hall–Kier alpha value is -3.85. The maximum absolute atomic E-state index is 12.3. The summed E-state index contributed by atoms with van der Waals surface area (Å²) in [7, 11) is 0. The molecule has 1 aliphatic heterocycles. The normalized spacial score (nSPS) is 16.2. The van der Waals surface area contributed by atoms with Crippen molar-refractivity contribution in [3.05, 3.63) is 107 Å². The number of para-hydroxylation sites is 1. The van der Waals surface area contributed by atoms with Gasteiger partial charge in [-0.3, -0.25) is 0 Å². The minimum absolute atomic E-state index is 0.289. The molecule has 0 amide bonds. The van der Waals surface area contributed by atoms with E-state index in [1.54, 1.807) is 12.1 Å². The summed E-state index contributed by atoms with van der Waals surface area (Å²) in [6.45, 7) is 6.72. The number of hydrogen-bond acceptors (Lipinski definition) is 5. The predicted octanol–water partition coefficient (Wildman–Crippen LogP) is 6.90. The number of benzene rings is 3. The molecule has 2 fully saturated rings. The first kappa shape index (κ1) is 25.8. The van der Waals surface area contributed by atoms with Gasteiger partial charge in [0.1, 0.15) is 5.75 Å². The third-order valence-corrected chi connectivity index (χ3v) is 7.55. The van der Waals surface area contributed by atoms with Crippen LogP contribution in [-0.2, 0) is 9.53 Å². The van der Waals surface area contributed by atoms with Crippen LogP contribution in [0.1, 0.15) is 41.5 Å². The van der Waals surface area contributed by atoms with Crippen LogP contribution in [0.3, 0.4) is 0 Å². The Morgan fingerprint density at radius 1 is 1.05 bits per heavy atom. The van der Waals surface area contributed by atoms with Crippen LogP contribution in [0.2, 0.25) is 5.02 Å². The van der Waals surface area contributed by atoms with Crippen LogP contribution in [0, 0.1) is 17.2 Å². The molecule has 3 aromatic carbocycles. The fourth-order valence-corrected chi connectivity index (χ4v) is 5.37. The van der Waals surface area contributed by atoms with Crippen molar-refractivity contribution in [1.29, 1.82) is 5.26 Å². The van der Waals surface area contributed by atoms with Gasteiger partial charge in [0.25, 0.3) is 0 Å². The van der Waals surface area contributed by atoms with Crippen LogP contribution >= 0.6 is 11.6 Å². The molecule has 0 bridgehead atoms. The molecule has 2 aliphatic rings. The molecule has 0 aromatic heterocycles. The Kier molecular flexibility index (Phi) is 7.93. The van der Waals surface area contributed by atoms with Crippen molar-refractivity contribution in [2.45, 2.75) is 19.3 Å². The molecule has 38 heavy (non-hydrogen) atoms. The van der Waals surface area contributed by atoms with Crippen molar-refractivity contribution in [3.63, 3.8) is 0 Å². The van der Waals surface area contributed by atoms with Crippen molar-refractivity contribution < 1.29 is 14.3 Å². The summed E-state index contributed by atoms with van der Waals surface area (Å²) in [4.78, 5) is 14.6. The van der Waals surface area contributed by atoms with Crippen molar-refractivity contribution >= 4 is 34.4 Å². The summed E-state index contributed by atoms with van der Waals surface area (Å²) < 4.78 is 11.2. The topological polar surface area (TPSA) is 62.6 Å². The number of carbonyl (C=O) groups is 1. The van der Waals surface area contributed by atoms with E-state index < -0.39 is 5.97 Å². The molecule has 5 rings (SSSR count). The fourth-order valence-electron chi connectivity index (χ4n) is 5.09. The van der Waals surface area contributed by atoms with Gasteiger partial charge in [0.2, 0.25) is 0 Å². The highest BCUT2D eigenvalue weighted by molar-refractivity contribution is 6.33. The Bertz CT molecular complexity index is 1410. The first-order valence-corrected chi connectivity index (χ1v) is 13.3. The van der Waals surface area contributed by atoms with Gasteiger partial charge in [0.15, 0.2) is 0 Å². The molecule has 1 saturated carbocycles. The Labute approximate surface area is 228 Å². The lowest BCUT2D eigenvalue weighted by Gasteiger charge is -2.32. The number of rotatable bonds is 7. The summed E-state index contributed by atoms with van der Waals surface area (Å²) in [6.07, 6.45) is 4.38. The lowest BCUT2D eigenvalue weighted by atomic mass is 9.73. The molecule has 1 saturated heterocycles. The molecule has 0 N–H and O–H groups in total. The number of ether oxygens (including phenoxy) is 2. The minimum Gasteiger partial charge on any atom is -0.423 e. The number of nitrogens with zero attached hydrogens (tertiary/aromatic N) is 2. The lowest BCUT2D eigenvalue weighted by Crippen LogP contribution is -2.36. The van der Waals surface area contributed by atoms with Gasteiger partial charge in [0, 0.05) is 35.4 Å². The van der Waals surface area contributed by atoms with Gasteiger partial charge in [-0.05, 0) is 71.4 Å². The third kappa shape index (κ3) is 5.38. The maximum atomic E-state index is 12.3. The van der Waals surface area contributed by atoms with E-state index in [0.29, 0.717) is 16.3 Å². The van der Waals surface area contributed by atoms with Gasteiger partial charge in [0.05, 0.1) is 24.8 Å². The summed E-state index contributed by atoms with van der Waals surface area (Å²) in [5.74, 6) is 0.241. The van der Waals surface area contributed by atoms with Crippen molar-refractivity contribution in [3.8, 4) is 11.8 Å². The third-order valence-electron chi connectivity index (χ3n) is 7.24. The van der Waals surface area contributed by atoms with Gasteiger partial charge in [-0.25, -0.2) is 4.79 Å². The molecule has 192 valence electrons. The molecule has 0 unspecified atom stereocenters. The Morgan fingerprint density at radius 2 is 1.79 bits per heavy atom. The summed E-state index contributed by atoms with van der Waals surface area (Å²) >= 11 is 6.82. The van der Waals surface area contributed by atoms with E-state index >= 15 is 0 Å². The van der Waals surface area contributed by atoms with Gasteiger partial charge in [-0.1, -0.05) is 61.0 Å². The highest BCUT2D eigenvalue weighted by Crippen LogP contribution is 2.48. The van der Waals surface area contributed by atoms with Gasteiger partial charge in [-0.2, -0.15) is 5.26 Å². The van der Waals surface area contributed by atoms with Gasteiger partial charge < -0.3 is 14.4 Å². The lowest BCUT2D eigenvalue weighted by molar-refractivity contribution is -0.128. The smallest absolute Gasteiger partial charge is 0.335 e. The number of nitriles is 1. The maximum Gasteiger partial charge on any atom is 0.335 e. The fraction of sp³-hybridized carbons (Fsp3) is 0.250. The highest BCUT2D eigenvalue weighted by Gasteiger charge is 2.30. The summed E-state index contributed by atoms with van der Waals surface area (Å²) in [6, 6.07) is 23.8. The summed E-state index contributed by atoms with van der Waals surface area (Å²) in [5.41, 5.74) is 6.45. The molecular formula is C32H29ClN2O3. The highest BCUT2D eigenvalue weighted by atomic mass is 35.5. The number of anilines is 1. The van der Waals surface area contributed by atoms with Crippen LogP contribution in [0.25, 0.3) is 11.1 Å². The zero-order valence-electron chi connectivity index (χ0n) is 21.2. The number of esters is 1. The minimum atomic E-state index is -0.513. The first-order valence-electron chi connectivity index (χ1n) is 12.9. The standard InChI is InChI=1S/C32H29ClN2O3/c1-2-30(36)38-29-9-4-3-8-27(29)32(24-11-13-25(14-12-24)35-16-18-37-19-17-35)31(23-6-5-7-23)26-15-10-22(21-34)20-28(26)33/h2-4,8-15,20,23H,1,5-7,16-19H2/b32-31+. The Balaban J connectivity index is 1.73. The van der Waals surface area contributed by atoms with E-state index in [-0.39, 0.29) is 5.92 Å². The molecule has 1 heterocycles. The zero-order valence-corrected chi connectivity index (χ0v) is 21.9. The Morgan fingerprint density at radius 3 is 2.42 bits per heavy atom. The number of hydrogen-bond donors (Lipinski definition) is 0. The number of morpholine rings is 1. The van der Waals surface area contributed by atoms with E-state index in [1.165, 1.54) is 6.08 Å². The molecule has 6 heteroatoms. The van der Waals surface area contributed by atoms with E-state index in [1.807, 2.05) is 30.3 Å². The van der Waals surface area contributed by atoms with Gasteiger partial charge >= 0.3 is 5.97 Å². The summed E-state index contributed by atoms with van der Waals surface area (Å²) in [5, 5.41) is 9.95. The van der Waals surface area contributed by atoms with Gasteiger partial charge in [-0.15, -0.1) is 0 Å². The van der Waals surface area contributed by atoms with E-state index in [2.05, 4.69) is 41.8 Å².